The van der Waals surface area contributed by atoms with Crippen LogP contribution in [0.2, 0.25) is 5.02 Å². The lowest BCUT2D eigenvalue weighted by atomic mass is 10.1. The number of benzene rings is 2. The average Bonchev–Trinajstić information content (AvgIpc) is 3.05. The van der Waals surface area contributed by atoms with Crippen molar-refractivity contribution >= 4 is 51.9 Å². The van der Waals surface area contributed by atoms with Gasteiger partial charge in [-0.15, -0.1) is 0 Å². The van der Waals surface area contributed by atoms with Gasteiger partial charge in [-0.05, 0) is 79.4 Å². The Morgan fingerprint density at radius 1 is 1.11 bits per heavy atom. The molecule has 4 rings (SSSR count). The van der Waals surface area contributed by atoms with E-state index in [9.17, 15) is 4.79 Å². The second kappa shape index (κ2) is 8.41. The van der Waals surface area contributed by atoms with E-state index in [2.05, 4.69) is 39.5 Å². The fourth-order valence-corrected chi connectivity index (χ4v) is 4.40. The normalized spacial score (nSPS) is 20.1. The van der Waals surface area contributed by atoms with E-state index in [1.807, 2.05) is 31.2 Å². The highest BCUT2D eigenvalue weighted by Crippen LogP contribution is 2.31. The highest BCUT2D eigenvalue weighted by atomic mass is 35.5. The summed E-state index contributed by atoms with van der Waals surface area (Å²) in [6.07, 6.45) is 5.76. The number of halogens is 1. The molecule has 0 aliphatic carbocycles. The lowest BCUT2D eigenvalue weighted by Crippen LogP contribution is -2.29. The fourth-order valence-electron chi connectivity index (χ4n) is 3.39. The number of anilines is 1. The second-order valence-corrected chi connectivity index (χ2v) is 8.44. The van der Waals surface area contributed by atoms with Crippen molar-refractivity contribution in [2.24, 2.45) is 4.99 Å². The zero-order valence-electron chi connectivity index (χ0n) is 15.7. The Balaban J connectivity index is 1.50. The molecule has 2 heterocycles. The Kier molecular flexibility index (Phi) is 5.74. The summed E-state index contributed by atoms with van der Waals surface area (Å²) in [7, 11) is 0. The van der Waals surface area contributed by atoms with Crippen LogP contribution in [0.3, 0.4) is 0 Å². The van der Waals surface area contributed by atoms with Crippen molar-refractivity contribution in [3.8, 4) is 0 Å². The summed E-state index contributed by atoms with van der Waals surface area (Å²) in [5, 5.41) is 4.08. The van der Waals surface area contributed by atoms with Crippen LogP contribution in [0.15, 0.2) is 52.4 Å². The average molecular weight is 412 g/mol. The summed E-state index contributed by atoms with van der Waals surface area (Å²) in [6, 6.07) is 14.0. The summed E-state index contributed by atoms with van der Waals surface area (Å²) >= 11 is 7.51. The Hall–Kier alpha value is -2.24. The number of hydrogen-bond acceptors (Lipinski definition) is 4. The van der Waals surface area contributed by atoms with E-state index >= 15 is 0 Å². The number of amidine groups is 1. The van der Waals surface area contributed by atoms with Crippen LogP contribution >= 0.6 is 23.4 Å². The van der Waals surface area contributed by atoms with Crippen LogP contribution in [0.5, 0.6) is 0 Å². The zero-order chi connectivity index (χ0) is 19.5. The number of nitrogens with zero attached hydrogens (tertiary/aromatic N) is 2. The quantitative estimate of drug-likeness (QED) is 0.675. The van der Waals surface area contributed by atoms with E-state index in [0.717, 1.165) is 29.9 Å². The molecule has 0 spiro atoms. The van der Waals surface area contributed by atoms with Gasteiger partial charge >= 0.3 is 0 Å². The van der Waals surface area contributed by atoms with E-state index in [4.69, 9.17) is 11.6 Å². The summed E-state index contributed by atoms with van der Waals surface area (Å²) in [5.74, 6) is -0.122. The van der Waals surface area contributed by atoms with Gasteiger partial charge in [-0.1, -0.05) is 29.8 Å². The van der Waals surface area contributed by atoms with Gasteiger partial charge in [0.25, 0.3) is 5.91 Å². The summed E-state index contributed by atoms with van der Waals surface area (Å²) in [6.45, 7) is 4.17. The van der Waals surface area contributed by atoms with Gasteiger partial charge < -0.3 is 10.2 Å². The summed E-state index contributed by atoms with van der Waals surface area (Å²) in [5.41, 5.74) is 3.93. The Labute approximate surface area is 174 Å². The lowest BCUT2D eigenvalue weighted by Gasteiger charge is -2.28. The molecule has 0 saturated carbocycles. The van der Waals surface area contributed by atoms with Gasteiger partial charge in [0.2, 0.25) is 0 Å². The number of hydrogen-bond donors (Lipinski definition) is 1. The maximum absolute atomic E-state index is 12.3. The van der Waals surface area contributed by atoms with Crippen molar-refractivity contribution in [3.63, 3.8) is 0 Å². The van der Waals surface area contributed by atoms with Crippen molar-refractivity contribution in [1.82, 2.24) is 5.32 Å². The van der Waals surface area contributed by atoms with Gasteiger partial charge in [0, 0.05) is 23.8 Å². The molecule has 2 aliphatic rings. The molecule has 28 heavy (non-hydrogen) atoms. The monoisotopic (exact) mass is 411 g/mol. The first-order valence-corrected chi connectivity index (χ1v) is 10.7. The molecule has 0 aromatic heterocycles. The number of carbonyl (C=O) groups excluding carboxylic acids is 1. The second-order valence-electron chi connectivity index (χ2n) is 7.00. The molecule has 0 unspecified atom stereocenters. The standard InChI is InChI=1S/C22H22ClN3OS/c1-15-18(23)6-5-7-19(15)24-22-25-21(27)20(28-22)14-16-8-10-17(11-9-16)26-12-3-2-4-13-26/h5-11,14H,2-4,12-13H2,1H3,(H,24,25,27)/b20-14-. The van der Waals surface area contributed by atoms with E-state index in [1.165, 1.54) is 36.7 Å². The van der Waals surface area contributed by atoms with Crippen LogP contribution in [0.1, 0.15) is 30.4 Å². The van der Waals surface area contributed by atoms with Crippen molar-refractivity contribution in [2.75, 3.05) is 18.0 Å². The first-order chi connectivity index (χ1) is 13.6. The largest absolute Gasteiger partial charge is 0.372 e. The molecule has 0 atom stereocenters. The fraction of sp³-hybridized carbons (Fsp3) is 0.273. The first kappa shape index (κ1) is 19.1. The molecular weight excluding hydrogens is 390 g/mol. The number of rotatable bonds is 3. The van der Waals surface area contributed by atoms with Crippen molar-refractivity contribution in [1.29, 1.82) is 0 Å². The Bertz CT molecular complexity index is 947. The third kappa shape index (κ3) is 4.26. The molecule has 1 amide bonds. The third-order valence-electron chi connectivity index (χ3n) is 5.02. The van der Waals surface area contributed by atoms with Gasteiger partial charge in [0.05, 0.1) is 10.6 Å². The highest BCUT2D eigenvalue weighted by molar-refractivity contribution is 8.18. The molecule has 0 bridgehead atoms. The maximum atomic E-state index is 12.3. The maximum Gasteiger partial charge on any atom is 0.264 e. The van der Waals surface area contributed by atoms with E-state index in [-0.39, 0.29) is 5.91 Å². The zero-order valence-corrected chi connectivity index (χ0v) is 17.3. The first-order valence-electron chi connectivity index (χ1n) is 9.50. The molecule has 2 aromatic carbocycles. The van der Waals surface area contributed by atoms with Gasteiger partial charge in [-0.2, -0.15) is 0 Å². The Morgan fingerprint density at radius 3 is 2.61 bits per heavy atom. The molecule has 4 nitrogen and oxygen atoms in total. The van der Waals surface area contributed by atoms with Crippen LogP contribution in [-0.4, -0.2) is 24.2 Å². The molecule has 2 saturated heterocycles. The molecule has 1 N–H and O–H groups in total. The number of carbonyl (C=O) groups is 1. The number of thioether (sulfide) groups is 1. The molecule has 2 fully saturated rings. The SMILES string of the molecule is Cc1c(Cl)cccc1N=C1NC(=O)/C(=C/c2ccc(N3CCCCC3)cc2)S1. The third-order valence-corrected chi connectivity index (χ3v) is 6.34. The van der Waals surface area contributed by atoms with Crippen LogP contribution < -0.4 is 10.2 Å². The number of amides is 1. The van der Waals surface area contributed by atoms with Gasteiger partial charge in [0.15, 0.2) is 5.17 Å². The minimum atomic E-state index is -0.122. The van der Waals surface area contributed by atoms with E-state index in [0.29, 0.717) is 15.1 Å². The van der Waals surface area contributed by atoms with Crippen molar-refractivity contribution in [3.05, 3.63) is 63.5 Å². The predicted molar refractivity (Wildman–Crippen MR) is 120 cm³/mol. The molecular formula is C22H22ClN3OS. The predicted octanol–water partition coefficient (Wildman–Crippen LogP) is 5.53. The topological polar surface area (TPSA) is 44.7 Å². The van der Waals surface area contributed by atoms with Crippen LogP contribution in [-0.2, 0) is 4.79 Å². The van der Waals surface area contributed by atoms with Gasteiger partial charge in [0.1, 0.15) is 0 Å². The van der Waals surface area contributed by atoms with Crippen LogP contribution in [0.4, 0.5) is 11.4 Å². The lowest BCUT2D eigenvalue weighted by molar-refractivity contribution is -0.115. The number of nitrogens with one attached hydrogen (secondary N) is 1. The van der Waals surface area contributed by atoms with Crippen molar-refractivity contribution < 1.29 is 4.79 Å². The molecule has 0 radical (unpaired) electrons. The highest BCUT2D eigenvalue weighted by Gasteiger charge is 2.24. The molecule has 144 valence electrons. The minimum Gasteiger partial charge on any atom is -0.372 e. The number of piperidine rings is 1. The van der Waals surface area contributed by atoms with Crippen LogP contribution in [0, 0.1) is 6.92 Å². The van der Waals surface area contributed by atoms with Gasteiger partial charge in [-0.3, -0.25) is 4.79 Å². The molecule has 6 heteroatoms. The molecule has 2 aromatic rings. The summed E-state index contributed by atoms with van der Waals surface area (Å²) < 4.78 is 0. The minimum absolute atomic E-state index is 0.122. The van der Waals surface area contributed by atoms with Crippen molar-refractivity contribution in [2.45, 2.75) is 26.2 Å². The summed E-state index contributed by atoms with van der Waals surface area (Å²) in [4.78, 5) is 20.0. The van der Waals surface area contributed by atoms with E-state index < -0.39 is 0 Å². The molecule has 2 aliphatic heterocycles. The van der Waals surface area contributed by atoms with E-state index in [1.54, 1.807) is 0 Å². The van der Waals surface area contributed by atoms with Gasteiger partial charge in [-0.25, -0.2) is 4.99 Å². The Morgan fingerprint density at radius 2 is 1.86 bits per heavy atom. The van der Waals surface area contributed by atoms with Crippen LogP contribution in [0.25, 0.3) is 6.08 Å². The smallest absolute Gasteiger partial charge is 0.264 e. The number of aliphatic imine (C=N–C) groups is 1.